The molecule has 22 heavy (non-hydrogen) atoms. The van der Waals surface area contributed by atoms with E-state index in [4.69, 9.17) is 5.11 Å². The maximum atomic E-state index is 11.4. The van der Waals surface area contributed by atoms with Gasteiger partial charge in [0.1, 0.15) is 0 Å². The molecule has 1 unspecified atom stereocenters. The number of carboxylic acid groups (broad SMARTS) is 2. The van der Waals surface area contributed by atoms with Crippen molar-refractivity contribution in [2.45, 2.75) is 12.8 Å². The van der Waals surface area contributed by atoms with Crippen LogP contribution in [0.2, 0.25) is 0 Å². The minimum absolute atomic E-state index is 0. The van der Waals surface area contributed by atoms with E-state index in [0.29, 0.717) is 12.0 Å². The van der Waals surface area contributed by atoms with E-state index in [0.717, 1.165) is 5.56 Å². The molecule has 109 valence electrons. The zero-order valence-corrected chi connectivity index (χ0v) is 15.5. The van der Waals surface area contributed by atoms with E-state index in [1.54, 1.807) is 18.2 Å². The van der Waals surface area contributed by atoms with Crippen LogP contribution in [0.15, 0.2) is 54.6 Å². The Morgan fingerprint density at radius 1 is 0.864 bits per heavy atom. The first kappa shape index (κ1) is 19.1. The Bertz CT molecular complexity index is 640. The number of hydrogen-bond donors (Lipinski definition) is 2. The summed E-state index contributed by atoms with van der Waals surface area (Å²) in [6, 6.07) is 15.9. The van der Waals surface area contributed by atoms with Gasteiger partial charge in [0, 0.05) is 51.4 Å². The molecule has 0 aliphatic carbocycles. The van der Waals surface area contributed by atoms with Gasteiger partial charge in [0.05, 0.1) is 11.5 Å². The van der Waals surface area contributed by atoms with Crippen molar-refractivity contribution < 1.29 is 19.8 Å². The SMILES string of the molecule is O=C(O)c1ccccc1CC(Cc1ccccc1)C(=O)O.[K]. The molecule has 0 bridgehead atoms. The predicted molar refractivity (Wildman–Crippen MR) is 84.1 cm³/mol. The first-order valence-corrected chi connectivity index (χ1v) is 6.66. The molecule has 1 radical (unpaired) electrons. The first-order chi connectivity index (χ1) is 10.1. The van der Waals surface area contributed by atoms with E-state index in [9.17, 15) is 14.7 Å². The Hall–Kier alpha value is -0.984. The van der Waals surface area contributed by atoms with Crippen molar-refractivity contribution in [3.8, 4) is 0 Å². The number of rotatable bonds is 6. The van der Waals surface area contributed by atoms with Gasteiger partial charge in [-0.2, -0.15) is 0 Å². The summed E-state index contributed by atoms with van der Waals surface area (Å²) in [5, 5.41) is 18.5. The second-order valence-electron chi connectivity index (χ2n) is 4.89. The summed E-state index contributed by atoms with van der Waals surface area (Å²) in [4.78, 5) is 22.6. The zero-order valence-electron chi connectivity index (χ0n) is 12.4. The average Bonchev–Trinajstić information content (AvgIpc) is 2.48. The fourth-order valence-corrected chi connectivity index (χ4v) is 2.32. The van der Waals surface area contributed by atoms with Crippen LogP contribution in [-0.2, 0) is 17.6 Å². The van der Waals surface area contributed by atoms with Crippen molar-refractivity contribution in [3.63, 3.8) is 0 Å². The Morgan fingerprint density at radius 2 is 1.45 bits per heavy atom. The third-order valence-electron chi connectivity index (χ3n) is 3.39. The summed E-state index contributed by atoms with van der Waals surface area (Å²) in [5.41, 5.74) is 1.64. The molecular weight excluding hydrogens is 307 g/mol. The largest absolute Gasteiger partial charge is 0.481 e. The van der Waals surface area contributed by atoms with Crippen LogP contribution in [0, 0.1) is 5.92 Å². The molecule has 0 aliphatic heterocycles. The third kappa shape index (κ3) is 5.33. The van der Waals surface area contributed by atoms with Gasteiger partial charge in [0.25, 0.3) is 0 Å². The number of aromatic carboxylic acids is 1. The molecule has 1 atom stereocenters. The number of aliphatic carboxylic acids is 1. The Labute approximate surface area is 171 Å². The van der Waals surface area contributed by atoms with E-state index >= 15 is 0 Å². The topological polar surface area (TPSA) is 74.6 Å². The Balaban J connectivity index is 0.00000242. The minimum atomic E-state index is -1.03. The van der Waals surface area contributed by atoms with Crippen LogP contribution in [0.4, 0.5) is 0 Å². The van der Waals surface area contributed by atoms with Crippen LogP contribution in [0.1, 0.15) is 21.5 Å². The number of carbonyl (C=O) groups is 2. The monoisotopic (exact) mass is 323 g/mol. The van der Waals surface area contributed by atoms with Crippen LogP contribution in [0.25, 0.3) is 0 Å². The smallest absolute Gasteiger partial charge is 0.335 e. The van der Waals surface area contributed by atoms with Crippen LogP contribution in [0.3, 0.4) is 0 Å². The molecule has 0 saturated heterocycles. The number of hydrogen-bond acceptors (Lipinski definition) is 2. The molecule has 2 aromatic rings. The summed E-state index contributed by atoms with van der Waals surface area (Å²) in [7, 11) is 0. The number of carboxylic acids is 2. The third-order valence-corrected chi connectivity index (χ3v) is 3.39. The summed E-state index contributed by atoms with van der Waals surface area (Å²) in [6.45, 7) is 0. The standard InChI is InChI=1S/C17H16O4.K/c18-16(19)14(10-12-6-2-1-3-7-12)11-13-8-4-5-9-15(13)17(20)21;/h1-9,14H,10-11H2,(H,18,19)(H,20,21);. The molecule has 0 amide bonds. The maximum Gasteiger partial charge on any atom is 0.335 e. The number of benzene rings is 2. The summed E-state index contributed by atoms with van der Waals surface area (Å²) in [6.07, 6.45) is 0.580. The van der Waals surface area contributed by atoms with E-state index in [1.165, 1.54) is 6.07 Å². The normalized spacial score (nSPS) is 11.3. The summed E-state index contributed by atoms with van der Waals surface area (Å²) < 4.78 is 0. The molecule has 0 heterocycles. The second kappa shape index (κ2) is 9.22. The van der Waals surface area contributed by atoms with Gasteiger partial charge in [-0.15, -0.1) is 0 Å². The minimum Gasteiger partial charge on any atom is -0.481 e. The van der Waals surface area contributed by atoms with Crippen molar-refractivity contribution in [2.24, 2.45) is 5.92 Å². The Kier molecular flexibility index (Phi) is 7.99. The van der Waals surface area contributed by atoms with Gasteiger partial charge in [-0.1, -0.05) is 48.5 Å². The average molecular weight is 323 g/mol. The van der Waals surface area contributed by atoms with Crippen molar-refractivity contribution in [3.05, 3.63) is 71.3 Å². The molecule has 2 N–H and O–H groups in total. The van der Waals surface area contributed by atoms with E-state index in [1.807, 2.05) is 30.3 Å². The predicted octanol–water partition coefficient (Wildman–Crippen LogP) is 2.49. The van der Waals surface area contributed by atoms with Crippen molar-refractivity contribution in [1.82, 2.24) is 0 Å². The van der Waals surface area contributed by atoms with Crippen molar-refractivity contribution in [1.29, 1.82) is 0 Å². The van der Waals surface area contributed by atoms with Gasteiger partial charge in [0.15, 0.2) is 0 Å². The summed E-state index contributed by atoms with van der Waals surface area (Å²) >= 11 is 0. The molecule has 0 fully saturated rings. The van der Waals surface area contributed by atoms with Crippen LogP contribution < -0.4 is 0 Å². The maximum absolute atomic E-state index is 11.4. The van der Waals surface area contributed by atoms with Crippen LogP contribution >= 0.6 is 0 Å². The fourth-order valence-electron chi connectivity index (χ4n) is 2.32. The first-order valence-electron chi connectivity index (χ1n) is 6.66. The molecule has 2 rings (SSSR count). The van der Waals surface area contributed by atoms with Crippen LogP contribution in [0.5, 0.6) is 0 Å². The molecule has 0 saturated carbocycles. The second-order valence-corrected chi connectivity index (χ2v) is 4.89. The van der Waals surface area contributed by atoms with Gasteiger partial charge in [-0.3, -0.25) is 4.79 Å². The molecule has 0 aliphatic rings. The van der Waals surface area contributed by atoms with Crippen molar-refractivity contribution in [2.75, 3.05) is 0 Å². The fraction of sp³-hybridized carbons (Fsp3) is 0.176. The molecule has 5 heteroatoms. The van der Waals surface area contributed by atoms with Gasteiger partial charge in [0.2, 0.25) is 0 Å². The van der Waals surface area contributed by atoms with E-state index in [2.05, 4.69) is 0 Å². The molecule has 4 nitrogen and oxygen atoms in total. The van der Waals surface area contributed by atoms with Gasteiger partial charge in [-0.25, -0.2) is 4.79 Å². The molecule has 0 spiro atoms. The molecule has 0 aromatic heterocycles. The molecular formula is C17H16KO4. The van der Waals surface area contributed by atoms with Gasteiger partial charge < -0.3 is 10.2 Å². The van der Waals surface area contributed by atoms with Crippen molar-refractivity contribution >= 4 is 63.3 Å². The van der Waals surface area contributed by atoms with Gasteiger partial charge >= 0.3 is 11.9 Å². The van der Waals surface area contributed by atoms with Gasteiger partial charge in [-0.05, 0) is 30.0 Å². The Morgan fingerprint density at radius 3 is 2.05 bits per heavy atom. The van der Waals surface area contributed by atoms with Crippen LogP contribution in [-0.4, -0.2) is 73.5 Å². The zero-order chi connectivity index (χ0) is 15.2. The van der Waals surface area contributed by atoms with E-state index in [-0.39, 0.29) is 63.4 Å². The van der Waals surface area contributed by atoms with E-state index < -0.39 is 17.9 Å². The summed E-state index contributed by atoms with van der Waals surface area (Å²) in [5.74, 6) is -2.60. The quantitative estimate of drug-likeness (QED) is 0.801. The molecule has 2 aromatic carbocycles.